The Labute approximate surface area is 82.5 Å². The molecule has 2 fully saturated rings. The van der Waals surface area contributed by atoms with E-state index < -0.39 is 0 Å². The summed E-state index contributed by atoms with van der Waals surface area (Å²) in [6, 6.07) is 0.866. The van der Waals surface area contributed by atoms with Crippen molar-refractivity contribution in [3.8, 4) is 0 Å². The van der Waals surface area contributed by atoms with Crippen molar-refractivity contribution in [2.24, 2.45) is 17.8 Å². The number of hydrogen-bond acceptors (Lipinski definition) is 1. The van der Waals surface area contributed by atoms with Crippen LogP contribution in [0.1, 0.15) is 39.5 Å². The molecule has 2 atom stereocenters. The quantitative estimate of drug-likeness (QED) is 0.633. The fourth-order valence-corrected chi connectivity index (χ4v) is 3.10. The third-order valence-electron chi connectivity index (χ3n) is 4.22. The topological polar surface area (TPSA) is 3.24 Å². The maximum atomic E-state index is 2.59. The standard InChI is InChI=1S/C12H23N/c1-9(2)12-7-11(8-13(12)3)10-5-4-6-10/h9-12H,4-8H2,1-3H3/t11-,12?/m0/s1. The van der Waals surface area contributed by atoms with Crippen LogP contribution in [0.2, 0.25) is 0 Å². The smallest absolute Gasteiger partial charge is 0.0118 e. The van der Waals surface area contributed by atoms with E-state index in [1.165, 1.54) is 32.2 Å². The highest BCUT2D eigenvalue weighted by Gasteiger charge is 2.37. The fraction of sp³-hybridized carbons (Fsp3) is 1.00. The van der Waals surface area contributed by atoms with Gasteiger partial charge in [0.2, 0.25) is 0 Å². The highest BCUT2D eigenvalue weighted by molar-refractivity contribution is 4.90. The average Bonchev–Trinajstić information content (AvgIpc) is 2.27. The van der Waals surface area contributed by atoms with Gasteiger partial charge in [0, 0.05) is 12.6 Å². The van der Waals surface area contributed by atoms with Gasteiger partial charge in [-0.15, -0.1) is 0 Å². The SMILES string of the molecule is CC(C)C1C[C@H](C2CCC2)CN1C. The zero-order chi connectivity index (χ0) is 9.42. The summed E-state index contributed by atoms with van der Waals surface area (Å²) >= 11 is 0. The van der Waals surface area contributed by atoms with Crippen molar-refractivity contribution < 1.29 is 0 Å². The van der Waals surface area contributed by atoms with Gasteiger partial charge in [0.25, 0.3) is 0 Å². The van der Waals surface area contributed by atoms with E-state index in [0.29, 0.717) is 0 Å². The molecule has 76 valence electrons. The van der Waals surface area contributed by atoms with Crippen LogP contribution in [-0.2, 0) is 0 Å². The lowest BCUT2D eigenvalue weighted by Gasteiger charge is -2.31. The molecule has 1 aliphatic heterocycles. The molecule has 0 N–H and O–H groups in total. The Morgan fingerprint density at radius 3 is 2.23 bits per heavy atom. The normalized spacial score (nSPS) is 36.9. The van der Waals surface area contributed by atoms with Crippen LogP contribution in [0.5, 0.6) is 0 Å². The van der Waals surface area contributed by atoms with Gasteiger partial charge in [-0.05, 0) is 31.2 Å². The van der Waals surface area contributed by atoms with Crippen LogP contribution >= 0.6 is 0 Å². The van der Waals surface area contributed by atoms with E-state index in [1.807, 2.05) is 0 Å². The Morgan fingerprint density at radius 1 is 1.15 bits per heavy atom. The molecule has 1 unspecified atom stereocenters. The lowest BCUT2D eigenvalue weighted by molar-refractivity contribution is 0.207. The molecule has 1 aliphatic carbocycles. The van der Waals surface area contributed by atoms with E-state index >= 15 is 0 Å². The molecule has 2 aliphatic rings. The van der Waals surface area contributed by atoms with Crippen molar-refractivity contribution in [3.05, 3.63) is 0 Å². The molecule has 0 radical (unpaired) electrons. The van der Waals surface area contributed by atoms with Crippen LogP contribution in [0.3, 0.4) is 0 Å². The maximum absolute atomic E-state index is 2.59. The highest BCUT2D eigenvalue weighted by Crippen LogP contribution is 2.40. The number of hydrogen-bond donors (Lipinski definition) is 0. The van der Waals surface area contributed by atoms with Gasteiger partial charge < -0.3 is 4.90 Å². The molecule has 0 aromatic carbocycles. The number of likely N-dealkylation sites (tertiary alicyclic amines) is 1. The zero-order valence-corrected chi connectivity index (χ0v) is 9.29. The van der Waals surface area contributed by atoms with E-state index in [9.17, 15) is 0 Å². The predicted octanol–water partition coefficient (Wildman–Crippen LogP) is 2.76. The van der Waals surface area contributed by atoms with Crippen molar-refractivity contribution in [1.82, 2.24) is 4.90 Å². The summed E-state index contributed by atoms with van der Waals surface area (Å²) in [7, 11) is 2.31. The predicted molar refractivity (Wildman–Crippen MR) is 56.7 cm³/mol. The molecule has 1 heteroatoms. The van der Waals surface area contributed by atoms with E-state index in [1.54, 1.807) is 0 Å². The minimum atomic E-state index is 0.843. The Bertz CT molecular complexity index is 172. The molecule has 13 heavy (non-hydrogen) atoms. The van der Waals surface area contributed by atoms with E-state index in [4.69, 9.17) is 0 Å². The Balaban J connectivity index is 1.90. The second kappa shape index (κ2) is 3.61. The van der Waals surface area contributed by atoms with Gasteiger partial charge in [-0.1, -0.05) is 33.1 Å². The summed E-state index contributed by atoms with van der Waals surface area (Å²) in [6.07, 6.45) is 6.00. The second-order valence-electron chi connectivity index (χ2n) is 5.44. The highest BCUT2D eigenvalue weighted by atomic mass is 15.2. The van der Waals surface area contributed by atoms with Gasteiger partial charge in [-0.25, -0.2) is 0 Å². The molecule has 1 heterocycles. The van der Waals surface area contributed by atoms with Gasteiger partial charge >= 0.3 is 0 Å². The van der Waals surface area contributed by atoms with Crippen molar-refractivity contribution >= 4 is 0 Å². The molecular formula is C12H23N. The van der Waals surface area contributed by atoms with Crippen LogP contribution < -0.4 is 0 Å². The van der Waals surface area contributed by atoms with Crippen LogP contribution in [0.25, 0.3) is 0 Å². The zero-order valence-electron chi connectivity index (χ0n) is 9.29. The van der Waals surface area contributed by atoms with E-state index in [2.05, 4.69) is 25.8 Å². The first-order valence-corrected chi connectivity index (χ1v) is 5.88. The third-order valence-corrected chi connectivity index (χ3v) is 4.22. The number of rotatable bonds is 2. The van der Waals surface area contributed by atoms with Gasteiger partial charge in [0.05, 0.1) is 0 Å². The molecule has 0 spiro atoms. The summed E-state index contributed by atoms with van der Waals surface area (Å²) in [4.78, 5) is 2.59. The lowest BCUT2D eigenvalue weighted by atomic mass is 9.74. The Kier molecular flexibility index (Phi) is 2.64. The van der Waals surface area contributed by atoms with Crippen molar-refractivity contribution in [1.29, 1.82) is 0 Å². The molecule has 1 saturated heterocycles. The Hall–Kier alpha value is -0.0400. The Morgan fingerprint density at radius 2 is 1.85 bits per heavy atom. The lowest BCUT2D eigenvalue weighted by Crippen LogP contribution is -2.29. The molecule has 0 bridgehead atoms. The van der Waals surface area contributed by atoms with Crippen LogP contribution in [0.15, 0.2) is 0 Å². The second-order valence-corrected chi connectivity index (χ2v) is 5.44. The summed E-state index contributed by atoms with van der Waals surface area (Å²) < 4.78 is 0. The summed E-state index contributed by atoms with van der Waals surface area (Å²) in [6.45, 7) is 6.10. The largest absolute Gasteiger partial charge is 0.303 e. The van der Waals surface area contributed by atoms with Crippen LogP contribution in [0, 0.1) is 17.8 Å². The fourth-order valence-electron chi connectivity index (χ4n) is 3.10. The maximum Gasteiger partial charge on any atom is 0.0118 e. The monoisotopic (exact) mass is 181 g/mol. The van der Waals surface area contributed by atoms with Crippen LogP contribution in [-0.4, -0.2) is 24.5 Å². The van der Waals surface area contributed by atoms with Gasteiger partial charge in [-0.2, -0.15) is 0 Å². The number of nitrogens with zero attached hydrogens (tertiary/aromatic N) is 1. The first kappa shape index (κ1) is 9.51. The molecular weight excluding hydrogens is 158 g/mol. The first-order chi connectivity index (χ1) is 6.18. The van der Waals surface area contributed by atoms with E-state index in [0.717, 1.165) is 23.8 Å². The molecule has 1 nitrogen and oxygen atoms in total. The minimum Gasteiger partial charge on any atom is -0.303 e. The molecule has 1 saturated carbocycles. The summed E-state index contributed by atoms with van der Waals surface area (Å²) in [5.41, 5.74) is 0. The van der Waals surface area contributed by atoms with Gasteiger partial charge in [-0.3, -0.25) is 0 Å². The van der Waals surface area contributed by atoms with Crippen LogP contribution in [0.4, 0.5) is 0 Å². The van der Waals surface area contributed by atoms with Crippen molar-refractivity contribution in [2.75, 3.05) is 13.6 Å². The summed E-state index contributed by atoms with van der Waals surface area (Å²) in [5, 5.41) is 0. The third kappa shape index (κ3) is 1.76. The summed E-state index contributed by atoms with van der Waals surface area (Å²) in [5.74, 6) is 2.97. The minimum absolute atomic E-state index is 0.843. The first-order valence-electron chi connectivity index (χ1n) is 5.88. The molecule has 0 amide bonds. The van der Waals surface area contributed by atoms with Gasteiger partial charge in [0.1, 0.15) is 0 Å². The van der Waals surface area contributed by atoms with Crippen molar-refractivity contribution in [2.45, 2.75) is 45.6 Å². The molecule has 2 rings (SSSR count). The van der Waals surface area contributed by atoms with Crippen molar-refractivity contribution in [3.63, 3.8) is 0 Å². The molecule has 0 aromatic heterocycles. The van der Waals surface area contributed by atoms with Gasteiger partial charge in [0.15, 0.2) is 0 Å². The average molecular weight is 181 g/mol. The van der Waals surface area contributed by atoms with E-state index in [-0.39, 0.29) is 0 Å². The molecule has 0 aromatic rings.